The van der Waals surface area contributed by atoms with Gasteiger partial charge in [0.2, 0.25) is 0 Å². The Balaban J connectivity index is 1.38. The fourth-order valence-electron chi connectivity index (χ4n) is 3.87. The monoisotopic (exact) mass is 357 g/mol. The zero-order valence-electron chi connectivity index (χ0n) is 14.7. The van der Waals surface area contributed by atoms with Gasteiger partial charge in [0, 0.05) is 32.3 Å². The molecular weight excluding hydrogens is 334 g/mol. The van der Waals surface area contributed by atoms with Crippen molar-refractivity contribution in [3.63, 3.8) is 0 Å². The van der Waals surface area contributed by atoms with Crippen LogP contribution < -0.4 is 5.32 Å². The molecule has 4 rings (SSSR count). The first-order valence-corrected chi connectivity index (χ1v) is 9.16. The normalized spacial score (nSPS) is 25.2. The first-order valence-electron chi connectivity index (χ1n) is 9.16. The molecule has 3 aliphatic rings. The van der Waals surface area contributed by atoms with Gasteiger partial charge in [-0.05, 0) is 37.8 Å². The highest BCUT2D eigenvalue weighted by Gasteiger charge is 2.46. The van der Waals surface area contributed by atoms with E-state index in [1.165, 1.54) is 0 Å². The first-order chi connectivity index (χ1) is 12.7. The van der Waals surface area contributed by atoms with Crippen LogP contribution >= 0.6 is 0 Å². The molecule has 4 heterocycles. The van der Waals surface area contributed by atoms with Crippen molar-refractivity contribution in [3.05, 3.63) is 24.5 Å². The van der Waals surface area contributed by atoms with Gasteiger partial charge in [-0.25, -0.2) is 4.79 Å². The minimum absolute atomic E-state index is 0.0819. The van der Waals surface area contributed by atoms with Crippen LogP contribution in [0.2, 0.25) is 0 Å². The molecule has 8 heteroatoms. The third-order valence-electron chi connectivity index (χ3n) is 5.21. The number of nitrogens with zero attached hydrogens (tertiary/aromatic N) is 4. The quantitative estimate of drug-likeness (QED) is 0.875. The van der Waals surface area contributed by atoms with Gasteiger partial charge < -0.3 is 20.0 Å². The summed E-state index contributed by atoms with van der Waals surface area (Å²) in [5, 5.41) is 6.82. The second-order valence-corrected chi connectivity index (χ2v) is 7.19. The second-order valence-electron chi connectivity index (χ2n) is 7.19. The van der Waals surface area contributed by atoms with Crippen LogP contribution in [0.15, 0.2) is 29.7 Å². The average molecular weight is 357 g/mol. The number of piperidine rings is 1. The van der Waals surface area contributed by atoms with Crippen LogP contribution in [0.1, 0.15) is 32.1 Å². The summed E-state index contributed by atoms with van der Waals surface area (Å²) in [5.41, 5.74) is 0.412. The lowest BCUT2D eigenvalue weighted by atomic mass is 9.88. The van der Waals surface area contributed by atoms with Gasteiger partial charge in [-0.3, -0.25) is 9.78 Å². The van der Waals surface area contributed by atoms with Gasteiger partial charge in [-0.1, -0.05) is 5.16 Å². The van der Waals surface area contributed by atoms with Gasteiger partial charge in [0.1, 0.15) is 5.71 Å². The van der Waals surface area contributed by atoms with Crippen molar-refractivity contribution in [2.45, 2.75) is 37.7 Å². The lowest BCUT2D eigenvalue weighted by Crippen LogP contribution is -2.53. The minimum atomic E-state index is -0.574. The predicted molar refractivity (Wildman–Crippen MR) is 95.7 cm³/mol. The van der Waals surface area contributed by atoms with Gasteiger partial charge in [0.15, 0.2) is 5.60 Å². The third-order valence-corrected chi connectivity index (χ3v) is 5.21. The number of rotatable bonds is 2. The SMILES string of the molecule is O=C(Nc1cccnc1)C1=NOC2(CCCN(C(=O)N3CCCC3)C2)C1. The highest BCUT2D eigenvalue weighted by Crippen LogP contribution is 2.34. The first kappa shape index (κ1) is 16.8. The van der Waals surface area contributed by atoms with Crippen LogP contribution in [-0.2, 0) is 9.63 Å². The number of aromatic nitrogens is 1. The zero-order chi connectivity index (χ0) is 18.0. The second kappa shape index (κ2) is 6.93. The Hall–Kier alpha value is -2.64. The molecule has 1 aromatic rings. The van der Waals surface area contributed by atoms with Gasteiger partial charge in [0.05, 0.1) is 18.4 Å². The molecule has 1 aromatic heterocycles. The standard InChI is InChI=1S/C18H23N5O3/c24-16(20-14-5-3-7-19-12-14)15-11-18(26-21-15)6-4-10-23(13-18)17(25)22-8-1-2-9-22/h3,5,7,12H,1-2,4,6,8-11,13H2,(H,20,24). The lowest BCUT2D eigenvalue weighted by Gasteiger charge is -2.39. The fraction of sp³-hybridized carbons (Fsp3) is 0.556. The van der Waals surface area contributed by atoms with E-state index in [1.807, 2.05) is 9.80 Å². The Morgan fingerprint density at radius 1 is 1.15 bits per heavy atom. The summed E-state index contributed by atoms with van der Waals surface area (Å²) in [7, 11) is 0. The summed E-state index contributed by atoms with van der Waals surface area (Å²) >= 11 is 0. The Bertz CT molecular complexity index is 717. The maximum Gasteiger partial charge on any atom is 0.320 e. The van der Waals surface area contributed by atoms with Gasteiger partial charge in [-0.2, -0.15) is 0 Å². The third kappa shape index (κ3) is 3.36. The molecule has 0 saturated carbocycles. The van der Waals surface area contributed by atoms with Crippen molar-refractivity contribution >= 4 is 23.3 Å². The molecule has 2 fully saturated rings. The molecular formula is C18H23N5O3. The maximum absolute atomic E-state index is 12.7. The van der Waals surface area contributed by atoms with E-state index in [4.69, 9.17) is 4.84 Å². The van der Waals surface area contributed by atoms with Crippen molar-refractivity contribution in [2.24, 2.45) is 5.16 Å². The number of hydrogen-bond donors (Lipinski definition) is 1. The van der Waals surface area contributed by atoms with Crippen molar-refractivity contribution in [3.8, 4) is 0 Å². The van der Waals surface area contributed by atoms with Crippen LogP contribution in [0.5, 0.6) is 0 Å². The number of oxime groups is 1. The molecule has 3 amide bonds. The number of pyridine rings is 1. The lowest BCUT2D eigenvalue weighted by molar-refractivity contribution is -0.110. The summed E-state index contributed by atoms with van der Waals surface area (Å²) in [4.78, 5) is 38.5. The van der Waals surface area contributed by atoms with Crippen LogP contribution in [-0.4, -0.2) is 64.2 Å². The van der Waals surface area contributed by atoms with E-state index in [1.54, 1.807) is 24.5 Å². The number of amides is 3. The number of likely N-dealkylation sites (tertiary alicyclic amines) is 2. The van der Waals surface area contributed by atoms with E-state index in [9.17, 15) is 9.59 Å². The highest BCUT2D eigenvalue weighted by atomic mass is 16.7. The number of hydrogen-bond acceptors (Lipinski definition) is 5. The number of carbonyl (C=O) groups excluding carboxylic acids is 2. The number of nitrogens with one attached hydrogen (secondary N) is 1. The van der Waals surface area contributed by atoms with Crippen LogP contribution in [0.3, 0.4) is 0 Å². The van der Waals surface area contributed by atoms with E-state index >= 15 is 0 Å². The van der Waals surface area contributed by atoms with Crippen molar-refractivity contribution in [1.82, 2.24) is 14.8 Å². The van der Waals surface area contributed by atoms with Crippen LogP contribution in [0.25, 0.3) is 0 Å². The topological polar surface area (TPSA) is 87.1 Å². The zero-order valence-corrected chi connectivity index (χ0v) is 14.7. The van der Waals surface area contributed by atoms with Crippen LogP contribution in [0.4, 0.5) is 10.5 Å². The summed E-state index contributed by atoms with van der Waals surface area (Å²) < 4.78 is 0. The van der Waals surface area contributed by atoms with Gasteiger partial charge in [0.25, 0.3) is 5.91 Å². The largest absolute Gasteiger partial charge is 0.386 e. The molecule has 26 heavy (non-hydrogen) atoms. The summed E-state index contributed by atoms with van der Waals surface area (Å²) in [6.07, 6.45) is 7.45. The summed E-state index contributed by atoms with van der Waals surface area (Å²) in [6, 6.07) is 3.61. The fourth-order valence-corrected chi connectivity index (χ4v) is 3.87. The van der Waals surface area contributed by atoms with E-state index < -0.39 is 5.60 Å². The Labute approximate surface area is 152 Å². The van der Waals surface area contributed by atoms with Gasteiger partial charge in [-0.15, -0.1) is 0 Å². The molecule has 8 nitrogen and oxygen atoms in total. The molecule has 0 radical (unpaired) electrons. The molecule has 1 spiro atoms. The van der Waals surface area contributed by atoms with Gasteiger partial charge >= 0.3 is 6.03 Å². The predicted octanol–water partition coefficient (Wildman–Crippen LogP) is 1.85. The number of carbonyl (C=O) groups is 2. The number of urea groups is 1. The number of anilines is 1. The van der Waals surface area contributed by atoms with E-state index in [0.717, 1.165) is 45.3 Å². The minimum Gasteiger partial charge on any atom is -0.386 e. The van der Waals surface area contributed by atoms with E-state index in [0.29, 0.717) is 24.4 Å². The Morgan fingerprint density at radius 2 is 1.96 bits per heavy atom. The summed E-state index contributed by atoms with van der Waals surface area (Å²) in [6.45, 7) is 2.88. The molecule has 1 N–H and O–H groups in total. The van der Waals surface area contributed by atoms with E-state index in [-0.39, 0.29) is 11.9 Å². The van der Waals surface area contributed by atoms with E-state index in [2.05, 4.69) is 15.5 Å². The molecule has 1 atom stereocenters. The Kier molecular flexibility index (Phi) is 4.48. The average Bonchev–Trinajstić information content (AvgIpc) is 3.33. The molecule has 0 aromatic carbocycles. The molecule has 0 aliphatic carbocycles. The molecule has 1 unspecified atom stereocenters. The molecule has 138 valence electrons. The maximum atomic E-state index is 12.7. The van der Waals surface area contributed by atoms with Crippen molar-refractivity contribution < 1.29 is 14.4 Å². The van der Waals surface area contributed by atoms with Crippen molar-refractivity contribution in [1.29, 1.82) is 0 Å². The molecule has 0 bridgehead atoms. The van der Waals surface area contributed by atoms with Crippen molar-refractivity contribution in [2.75, 3.05) is 31.5 Å². The molecule has 3 aliphatic heterocycles. The molecule has 2 saturated heterocycles. The van der Waals surface area contributed by atoms with Crippen LogP contribution in [0, 0.1) is 0 Å². The smallest absolute Gasteiger partial charge is 0.320 e. The Morgan fingerprint density at radius 3 is 2.73 bits per heavy atom. The highest BCUT2D eigenvalue weighted by molar-refractivity contribution is 6.43. The summed E-state index contributed by atoms with van der Waals surface area (Å²) in [5.74, 6) is -0.280.